The summed E-state index contributed by atoms with van der Waals surface area (Å²) in [5.41, 5.74) is 3.93. The lowest BCUT2D eigenvalue weighted by Gasteiger charge is -2.34. The van der Waals surface area contributed by atoms with Crippen LogP contribution in [0.3, 0.4) is 0 Å². The second kappa shape index (κ2) is 7.19. The minimum atomic E-state index is -3.54. The Morgan fingerprint density at radius 2 is 1.77 bits per heavy atom. The van der Waals surface area contributed by atoms with Gasteiger partial charge in [0.05, 0.1) is 5.02 Å². The summed E-state index contributed by atoms with van der Waals surface area (Å²) in [4.78, 5) is 2.51. The van der Waals surface area contributed by atoms with E-state index in [0.29, 0.717) is 26.2 Å². The van der Waals surface area contributed by atoms with E-state index in [-0.39, 0.29) is 9.92 Å². The Labute approximate surface area is 159 Å². The van der Waals surface area contributed by atoms with Gasteiger partial charge in [0.15, 0.2) is 0 Å². The molecule has 26 heavy (non-hydrogen) atoms. The molecule has 2 aliphatic heterocycles. The third kappa shape index (κ3) is 3.34. The van der Waals surface area contributed by atoms with Crippen molar-refractivity contribution >= 4 is 27.3 Å². The highest BCUT2D eigenvalue weighted by Gasteiger charge is 2.30. The number of halogens is 1. The maximum atomic E-state index is 12.8. The molecule has 0 saturated carbocycles. The molecule has 0 atom stereocenters. The van der Waals surface area contributed by atoms with Crippen molar-refractivity contribution in [3.63, 3.8) is 0 Å². The minimum absolute atomic E-state index is 0.195. The molecule has 5 nitrogen and oxygen atoms in total. The van der Waals surface area contributed by atoms with Crippen LogP contribution in [0.5, 0.6) is 0 Å². The van der Waals surface area contributed by atoms with Gasteiger partial charge in [-0.3, -0.25) is 4.90 Å². The molecule has 7 heteroatoms. The van der Waals surface area contributed by atoms with Crippen molar-refractivity contribution in [1.82, 2.24) is 9.21 Å². The fraction of sp³-hybridized carbons (Fsp3) is 0.368. The van der Waals surface area contributed by atoms with Gasteiger partial charge < -0.3 is 5.32 Å². The smallest absolute Gasteiger partial charge is 0.244 e. The molecule has 0 aliphatic carbocycles. The van der Waals surface area contributed by atoms with Crippen LogP contribution in [0.15, 0.2) is 47.4 Å². The van der Waals surface area contributed by atoms with Gasteiger partial charge in [-0.25, -0.2) is 8.42 Å². The highest BCUT2D eigenvalue weighted by Crippen LogP contribution is 2.28. The van der Waals surface area contributed by atoms with Crippen molar-refractivity contribution in [3.8, 4) is 0 Å². The lowest BCUT2D eigenvalue weighted by molar-refractivity contribution is 0.182. The van der Waals surface area contributed by atoms with Crippen LogP contribution in [0.1, 0.15) is 11.1 Å². The highest BCUT2D eigenvalue weighted by atomic mass is 35.5. The SMILES string of the molecule is O=S(=O)(c1ccccc1Cl)N1CCN(Cc2cccc3c2NCC3)CC1. The van der Waals surface area contributed by atoms with Gasteiger partial charge in [0.1, 0.15) is 4.90 Å². The van der Waals surface area contributed by atoms with E-state index in [4.69, 9.17) is 11.6 Å². The number of fused-ring (bicyclic) bond motifs is 1. The van der Waals surface area contributed by atoms with E-state index in [9.17, 15) is 8.42 Å². The Bertz CT molecular complexity index is 909. The molecule has 1 N–H and O–H groups in total. The predicted octanol–water partition coefficient (Wildman–Crippen LogP) is 2.81. The Kier molecular flexibility index (Phi) is 4.92. The number of nitrogens with one attached hydrogen (secondary N) is 1. The zero-order chi connectivity index (χ0) is 18.1. The molecule has 138 valence electrons. The molecule has 0 radical (unpaired) electrons. The highest BCUT2D eigenvalue weighted by molar-refractivity contribution is 7.89. The summed E-state index contributed by atoms with van der Waals surface area (Å²) in [6.07, 6.45) is 1.08. The Morgan fingerprint density at radius 1 is 1.00 bits per heavy atom. The van der Waals surface area contributed by atoms with Crippen LogP contribution in [0.2, 0.25) is 5.02 Å². The molecular formula is C19H22ClN3O2S. The van der Waals surface area contributed by atoms with E-state index < -0.39 is 10.0 Å². The lowest BCUT2D eigenvalue weighted by atomic mass is 10.1. The van der Waals surface area contributed by atoms with E-state index in [0.717, 1.165) is 19.5 Å². The number of hydrogen-bond acceptors (Lipinski definition) is 4. The molecule has 1 fully saturated rings. The zero-order valence-corrected chi connectivity index (χ0v) is 16.1. The van der Waals surface area contributed by atoms with Gasteiger partial charge in [-0.05, 0) is 29.7 Å². The number of nitrogens with zero attached hydrogens (tertiary/aromatic N) is 2. The molecular weight excluding hydrogens is 370 g/mol. The van der Waals surface area contributed by atoms with Crippen LogP contribution in [-0.4, -0.2) is 50.3 Å². The summed E-state index contributed by atoms with van der Waals surface area (Å²) in [6.45, 7) is 4.24. The monoisotopic (exact) mass is 391 g/mol. The summed E-state index contributed by atoms with van der Waals surface area (Å²) >= 11 is 6.09. The summed E-state index contributed by atoms with van der Waals surface area (Å²) in [6, 6.07) is 13.1. The quantitative estimate of drug-likeness (QED) is 0.870. The maximum absolute atomic E-state index is 12.8. The Morgan fingerprint density at radius 3 is 2.54 bits per heavy atom. The summed E-state index contributed by atoms with van der Waals surface area (Å²) in [5, 5.41) is 3.75. The van der Waals surface area contributed by atoms with Crippen LogP contribution in [-0.2, 0) is 23.0 Å². The molecule has 1 saturated heterocycles. The van der Waals surface area contributed by atoms with Crippen LogP contribution < -0.4 is 5.32 Å². The van der Waals surface area contributed by atoms with Gasteiger partial charge in [-0.1, -0.05) is 41.9 Å². The second-order valence-corrected chi connectivity index (χ2v) is 9.05. The summed E-state index contributed by atoms with van der Waals surface area (Å²) < 4.78 is 27.2. The van der Waals surface area contributed by atoms with Gasteiger partial charge in [0, 0.05) is 45.0 Å². The first-order chi connectivity index (χ1) is 12.6. The average molecular weight is 392 g/mol. The summed E-state index contributed by atoms with van der Waals surface area (Å²) in [5.74, 6) is 0. The fourth-order valence-corrected chi connectivity index (χ4v) is 5.62. The van der Waals surface area contributed by atoms with Gasteiger partial charge in [0.2, 0.25) is 10.0 Å². The van der Waals surface area contributed by atoms with Crippen molar-refractivity contribution in [1.29, 1.82) is 0 Å². The molecule has 2 aromatic rings. The molecule has 2 aliphatic rings. The van der Waals surface area contributed by atoms with Crippen LogP contribution in [0.4, 0.5) is 5.69 Å². The van der Waals surface area contributed by atoms with E-state index in [1.165, 1.54) is 16.8 Å². The molecule has 2 heterocycles. The molecule has 0 unspecified atom stereocenters. The number of hydrogen-bond donors (Lipinski definition) is 1. The Hall–Kier alpha value is -1.60. The largest absolute Gasteiger partial charge is 0.384 e. The van der Waals surface area contributed by atoms with E-state index in [2.05, 4.69) is 28.4 Å². The number of anilines is 1. The number of rotatable bonds is 4. The number of piperazine rings is 1. The standard InChI is InChI=1S/C19H22ClN3O2S/c20-17-6-1-2-7-18(17)26(24,25)23-12-10-22(11-13-23)14-16-5-3-4-15-8-9-21-19(15)16/h1-7,21H,8-14H2. The van der Waals surface area contributed by atoms with Crippen LogP contribution >= 0.6 is 11.6 Å². The van der Waals surface area contributed by atoms with Crippen LogP contribution in [0, 0.1) is 0 Å². The van der Waals surface area contributed by atoms with Crippen molar-refractivity contribution in [2.24, 2.45) is 0 Å². The molecule has 0 aromatic heterocycles. The molecule has 4 rings (SSSR count). The van der Waals surface area contributed by atoms with E-state index in [1.54, 1.807) is 28.6 Å². The lowest BCUT2D eigenvalue weighted by Crippen LogP contribution is -2.48. The number of para-hydroxylation sites is 1. The van der Waals surface area contributed by atoms with Crippen LogP contribution in [0.25, 0.3) is 0 Å². The third-order valence-electron chi connectivity index (χ3n) is 5.11. The van der Waals surface area contributed by atoms with Gasteiger partial charge in [0.25, 0.3) is 0 Å². The molecule has 0 bridgehead atoms. The number of benzene rings is 2. The normalized spacial score (nSPS) is 18.5. The average Bonchev–Trinajstić information content (AvgIpc) is 3.12. The molecule has 0 spiro atoms. The van der Waals surface area contributed by atoms with Gasteiger partial charge >= 0.3 is 0 Å². The Balaban J connectivity index is 1.43. The maximum Gasteiger partial charge on any atom is 0.244 e. The van der Waals surface area contributed by atoms with Gasteiger partial charge in [-0.15, -0.1) is 0 Å². The topological polar surface area (TPSA) is 52.7 Å². The van der Waals surface area contributed by atoms with Crippen molar-refractivity contribution < 1.29 is 8.42 Å². The van der Waals surface area contributed by atoms with Crippen molar-refractivity contribution in [3.05, 3.63) is 58.6 Å². The van der Waals surface area contributed by atoms with E-state index in [1.807, 2.05) is 0 Å². The van der Waals surface area contributed by atoms with Crippen molar-refractivity contribution in [2.45, 2.75) is 17.9 Å². The first-order valence-electron chi connectivity index (χ1n) is 8.87. The van der Waals surface area contributed by atoms with Gasteiger partial charge in [-0.2, -0.15) is 4.31 Å². The third-order valence-corrected chi connectivity index (χ3v) is 7.51. The predicted molar refractivity (Wildman–Crippen MR) is 104 cm³/mol. The fourth-order valence-electron chi connectivity index (χ4n) is 3.70. The number of sulfonamides is 1. The van der Waals surface area contributed by atoms with Crippen molar-refractivity contribution in [2.75, 3.05) is 38.0 Å². The van der Waals surface area contributed by atoms with E-state index >= 15 is 0 Å². The first-order valence-corrected chi connectivity index (χ1v) is 10.7. The summed E-state index contributed by atoms with van der Waals surface area (Å²) in [7, 11) is -3.54. The molecule has 2 aromatic carbocycles. The zero-order valence-electron chi connectivity index (χ0n) is 14.5. The first kappa shape index (κ1) is 17.8. The minimum Gasteiger partial charge on any atom is -0.384 e. The second-order valence-electron chi connectivity index (χ2n) is 6.74. The molecule has 0 amide bonds.